The van der Waals surface area contributed by atoms with Crippen LogP contribution >= 0.6 is 35.0 Å². The van der Waals surface area contributed by atoms with Crippen molar-refractivity contribution < 1.29 is 23.9 Å². The molecule has 8 nitrogen and oxygen atoms in total. The van der Waals surface area contributed by atoms with Gasteiger partial charge in [0.15, 0.2) is 11.5 Å². The third-order valence-electron chi connectivity index (χ3n) is 6.39. The number of amides is 3. The lowest BCUT2D eigenvalue weighted by Crippen LogP contribution is -2.30. The summed E-state index contributed by atoms with van der Waals surface area (Å²) in [5.41, 5.74) is 1.87. The minimum Gasteiger partial charge on any atom is -0.486 e. The van der Waals surface area contributed by atoms with Crippen LogP contribution in [0.5, 0.6) is 11.5 Å². The molecule has 0 aliphatic carbocycles. The molecule has 0 saturated carbocycles. The number of hydrogen-bond donors (Lipinski definition) is 3. The Morgan fingerprint density at radius 3 is 2.34 bits per heavy atom. The molecule has 3 N–H and O–H groups in total. The number of fused-ring (bicyclic) bond motifs is 1. The Hall–Kier alpha value is -4.44. The van der Waals surface area contributed by atoms with E-state index in [2.05, 4.69) is 16.0 Å². The molecule has 11 heteroatoms. The van der Waals surface area contributed by atoms with Gasteiger partial charge in [-0.25, -0.2) is 0 Å². The molecule has 1 atom stereocenters. The number of benzene rings is 4. The van der Waals surface area contributed by atoms with E-state index in [1.807, 2.05) is 6.07 Å². The van der Waals surface area contributed by atoms with Gasteiger partial charge in [-0.3, -0.25) is 14.4 Å². The highest BCUT2D eigenvalue weighted by Crippen LogP contribution is 2.33. The average Bonchev–Trinajstić information content (AvgIpc) is 3.03. The minimum atomic E-state index is -0.572. The Labute approximate surface area is 268 Å². The second-order valence-electron chi connectivity index (χ2n) is 9.61. The predicted molar refractivity (Wildman–Crippen MR) is 175 cm³/mol. The Kier molecular flexibility index (Phi) is 10.1. The fourth-order valence-electron chi connectivity index (χ4n) is 4.20. The van der Waals surface area contributed by atoms with Crippen LogP contribution in [0.15, 0.2) is 102 Å². The van der Waals surface area contributed by atoms with Crippen LogP contribution in [0.4, 0.5) is 11.4 Å². The second-order valence-corrected chi connectivity index (χ2v) is 11.8. The summed E-state index contributed by atoms with van der Waals surface area (Å²) in [6.45, 7) is 2.73. The maximum atomic E-state index is 13.5. The third kappa shape index (κ3) is 7.93. The topological polar surface area (TPSA) is 106 Å². The maximum absolute atomic E-state index is 13.5. The van der Waals surface area contributed by atoms with Crippen molar-refractivity contribution in [3.05, 3.63) is 118 Å². The van der Waals surface area contributed by atoms with E-state index in [0.29, 0.717) is 52.2 Å². The molecule has 0 saturated heterocycles. The number of hydrogen-bond acceptors (Lipinski definition) is 6. The van der Waals surface area contributed by atoms with Gasteiger partial charge in [0, 0.05) is 27.9 Å². The molecule has 0 fully saturated rings. The van der Waals surface area contributed by atoms with Crippen LogP contribution in [0.1, 0.15) is 22.8 Å². The van der Waals surface area contributed by atoms with E-state index in [4.69, 9.17) is 32.7 Å². The van der Waals surface area contributed by atoms with E-state index >= 15 is 0 Å². The standard InChI is InChI=1S/C33H27Cl2N3O5S/c1-20(31(39)36-24-13-14-28-29(19-24)43-16-15-42-28)44-25-11-6-10-23(18-25)37-33(41)27(17-22-9-5-12-26(34)30(22)35)38-32(40)21-7-3-2-4-8-21/h2-14,17-20H,15-16H2,1H3,(H,36,39)(H,37,41)(H,38,40)/b27-17+. The first kappa shape index (κ1) is 31.0. The van der Waals surface area contributed by atoms with Crippen LogP contribution in [0.2, 0.25) is 10.0 Å². The van der Waals surface area contributed by atoms with Crippen molar-refractivity contribution in [2.24, 2.45) is 0 Å². The normalized spacial score (nSPS) is 13.0. The van der Waals surface area contributed by atoms with E-state index in [1.165, 1.54) is 17.8 Å². The van der Waals surface area contributed by atoms with Gasteiger partial charge in [0.2, 0.25) is 5.91 Å². The zero-order valence-electron chi connectivity index (χ0n) is 23.4. The van der Waals surface area contributed by atoms with E-state index in [1.54, 1.807) is 91.9 Å². The van der Waals surface area contributed by atoms with Gasteiger partial charge in [0.1, 0.15) is 18.9 Å². The zero-order valence-corrected chi connectivity index (χ0v) is 25.8. The molecule has 1 unspecified atom stereocenters. The van der Waals surface area contributed by atoms with Crippen molar-refractivity contribution in [3.8, 4) is 11.5 Å². The summed E-state index contributed by atoms with van der Waals surface area (Å²) in [6.07, 6.45) is 1.47. The summed E-state index contributed by atoms with van der Waals surface area (Å²) >= 11 is 13.9. The lowest BCUT2D eigenvalue weighted by atomic mass is 10.1. The zero-order chi connectivity index (χ0) is 31.1. The largest absolute Gasteiger partial charge is 0.486 e. The quantitative estimate of drug-likeness (QED) is 0.130. The van der Waals surface area contributed by atoms with Crippen LogP contribution in [-0.4, -0.2) is 36.2 Å². The van der Waals surface area contributed by atoms with Gasteiger partial charge in [0.25, 0.3) is 11.8 Å². The first-order valence-corrected chi connectivity index (χ1v) is 15.2. The molecule has 0 radical (unpaired) electrons. The number of halogens is 2. The lowest BCUT2D eigenvalue weighted by Gasteiger charge is -2.19. The highest BCUT2D eigenvalue weighted by atomic mass is 35.5. The number of rotatable bonds is 9. The molecule has 4 aromatic rings. The molecule has 0 aromatic heterocycles. The fraction of sp³-hybridized carbons (Fsp3) is 0.121. The number of nitrogens with one attached hydrogen (secondary N) is 3. The van der Waals surface area contributed by atoms with Crippen LogP contribution in [-0.2, 0) is 9.59 Å². The highest BCUT2D eigenvalue weighted by molar-refractivity contribution is 8.00. The third-order valence-corrected chi connectivity index (χ3v) is 8.32. The molecule has 1 aliphatic rings. The summed E-state index contributed by atoms with van der Waals surface area (Å²) in [7, 11) is 0. The van der Waals surface area contributed by atoms with E-state index in [-0.39, 0.29) is 16.6 Å². The molecule has 1 aliphatic heterocycles. The predicted octanol–water partition coefficient (Wildman–Crippen LogP) is 7.29. The van der Waals surface area contributed by atoms with Crippen molar-refractivity contribution in [2.75, 3.05) is 23.8 Å². The van der Waals surface area contributed by atoms with Crippen molar-refractivity contribution >= 4 is 70.1 Å². The first-order chi connectivity index (χ1) is 21.3. The smallest absolute Gasteiger partial charge is 0.272 e. The first-order valence-electron chi connectivity index (χ1n) is 13.6. The number of anilines is 2. The van der Waals surface area contributed by atoms with Gasteiger partial charge in [-0.2, -0.15) is 0 Å². The van der Waals surface area contributed by atoms with Gasteiger partial charge in [-0.1, -0.05) is 59.6 Å². The molecule has 5 rings (SSSR count). The summed E-state index contributed by atoms with van der Waals surface area (Å²) in [6, 6.07) is 25.9. The molecular formula is C33H27Cl2N3O5S. The highest BCUT2D eigenvalue weighted by Gasteiger charge is 2.19. The van der Waals surface area contributed by atoms with Gasteiger partial charge >= 0.3 is 0 Å². The summed E-state index contributed by atoms with van der Waals surface area (Å²) < 4.78 is 11.1. The molecule has 224 valence electrons. The Morgan fingerprint density at radius 2 is 1.55 bits per heavy atom. The minimum absolute atomic E-state index is 0.0340. The maximum Gasteiger partial charge on any atom is 0.272 e. The average molecular weight is 649 g/mol. The summed E-state index contributed by atoms with van der Waals surface area (Å²) in [5.74, 6) is -0.00909. The molecule has 4 aromatic carbocycles. The molecule has 1 heterocycles. The summed E-state index contributed by atoms with van der Waals surface area (Å²) in [4.78, 5) is 40.1. The number of ether oxygens (including phenoxy) is 2. The van der Waals surface area contributed by atoms with Crippen molar-refractivity contribution in [3.63, 3.8) is 0 Å². The monoisotopic (exact) mass is 647 g/mol. The van der Waals surface area contributed by atoms with Crippen molar-refractivity contribution in [2.45, 2.75) is 17.1 Å². The van der Waals surface area contributed by atoms with Crippen LogP contribution in [0.3, 0.4) is 0 Å². The number of carbonyl (C=O) groups excluding carboxylic acids is 3. The molecule has 3 amide bonds. The van der Waals surface area contributed by atoms with Gasteiger partial charge in [-0.15, -0.1) is 11.8 Å². The van der Waals surface area contributed by atoms with Crippen LogP contribution in [0, 0.1) is 0 Å². The number of thioether (sulfide) groups is 1. The Balaban J connectivity index is 1.28. The van der Waals surface area contributed by atoms with Crippen LogP contribution < -0.4 is 25.4 Å². The van der Waals surface area contributed by atoms with Gasteiger partial charge < -0.3 is 25.4 Å². The lowest BCUT2D eigenvalue weighted by molar-refractivity contribution is -0.115. The molecule has 0 spiro atoms. The SMILES string of the molecule is CC(Sc1cccc(NC(=O)/C(=C\c2cccc(Cl)c2Cl)NC(=O)c2ccccc2)c1)C(=O)Nc1ccc2c(c1)OCCO2. The molecule has 44 heavy (non-hydrogen) atoms. The summed E-state index contributed by atoms with van der Waals surface area (Å²) in [5, 5.41) is 8.52. The molecule has 0 bridgehead atoms. The van der Waals surface area contributed by atoms with Crippen molar-refractivity contribution in [1.29, 1.82) is 0 Å². The fourth-order valence-corrected chi connectivity index (χ4v) is 5.49. The van der Waals surface area contributed by atoms with E-state index < -0.39 is 17.1 Å². The van der Waals surface area contributed by atoms with Gasteiger partial charge in [-0.05, 0) is 67.1 Å². The van der Waals surface area contributed by atoms with Crippen LogP contribution in [0.25, 0.3) is 6.08 Å². The Bertz CT molecular complexity index is 1730. The van der Waals surface area contributed by atoms with E-state index in [0.717, 1.165) is 4.90 Å². The van der Waals surface area contributed by atoms with Gasteiger partial charge in [0.05, 0.1) is 15.3 Å². The van der Waals surface area contributed by atoms with Crippen molar-refractivity contribution in [1.82, 2.24) is 5.32 Å². The molecular weight excluding hydrogens is 621 g/mol. The Morgan fingerprint density at radius 1 is 0.818 bits per heavy atom. The second kappa shape index (κ2) is 14.4. The van der Waals surface area contributed by atoms with E-state index in [9.17, 15) is 14.4 Å². The number of carbonyl (C=O) groups is 3.